The largest absolute Gasteiger partial charge is 0.512 e. The third kappa shape index (κ3) is 23.8. The number of aliphatic hydroxyl groups is 3. The summed E-state index contributed by atoms with van der Waals surface area (Å²) >= 11 is 6.15. The van der Waals surface area contributed by atoms with Gasteiger partial charge in [-0.15, -0.1) is 0 Å². The summed E-state index contributed by atoms with van der Waals surface area (Å²) in [5, 5.41) is 33.3. The molecular weight excluding hydrogens is 859 g/mol. The van der Waals surface area contributed by atoms with Crippen molar-refractivity contribution in [3.05, 3.63) is 78.4 Å². The van der Waals surface area contributed by atoms with Crippen LogP contribution in [0.4, 0.5) is 0 Å². The predicted molar refractivity (Wildman–Crippen MR) is 196 cm³/mol. The fourth-order valence-corrected chi connectivity index (χ4v) is 3.72. The minimum absolute atomic E-state index is 0. The van der Waals surface area contributed by atoms with Crippen LogP contribution in [-0.4, -0.2) is 79.8 Å². The first kappa shape index (κ1) is 49.9. The predicted octanol–water partition coefficient (Wildman–Crippen LogP) is 7.75. The Morgan fingerprint density at radius 3 is 1.39 bits per heavy atom. The second-order valence-corrected chi connectivity index (χ2v) is 25.1. The second kappa shape index (κ2) is 28.4. The van der Waals surface area contributed by atoms with Crippen molar-refractivity contribution >= 4 is 34.6 Å². The Kier molecular flexibility index (Phi) is 30.8. The molecule has 2 rings (SSSR count). The summed E-state index contributed by atoms with van der Waals surface area (Å²) in [5.41, 5.74) is 2.03. The number of hydrogen-bond acceptors (Lipinski definition) is 7. The molecule has 0 aromatic heterocycles. The molecule has 2 unspecified atom stereocenters. The van der Waals surface area contributed by atoms with Gasteiger partial charge in [0.15, 0.2) is 15.7 Å². The molecule has 2 atom stereocenters. The van der Waals surface area contributed by atoms with E-state index in [1.54, 1.807) is 6.82 Å². The van der Waals surface area contributed by atoms with Gasteiger partial charge < -0.3 is 41.1 Å². The van der Waals surface area contributed by atoms with Crippen LogP contribution in [0.1, 0.15) is 64.9 Å². The van der Waals surface area contributed by atoms with Gasteiger partial charge in [0.2, 0.25) is 0 Å². The number of rotatable bonds is 12. The molecule has 2 aromatic rings. The first-order valence-electron chi connectivity index (χ1n) is 15.8. The molecule has 2 aromatic carbocycles. The standard InChI is InChI=1S/C16H28O3Si.C10H14O3.C6H15ClSi.CH4B.CN.U/c1-16(2,3)20(4,5)19-13-15(18-12-11-17)14-9-7-6-8-10-14;11-6-7-13-10(8-12)9-4-2-1-3-5-9;1-6(2,3)8(4,5)7;2*1-2;/h6-10,15,17H,11-13H2,1-5H3;1-5,10-12H,6-8H2;1-5H3;2H,1H3;;/q;;;;-1;/i;;;2D;;. The molecule has 46 heavy (non-hydrogen) atoms. The molecule has 0 heterocycles. The van der Waals surface area contributed by atoms with Gasteiger partial charge in [0.25, 0.3) is 0 Å². The van der Waals surface area contributed by atoms with Crippen molar-refractivity contribution in [2.75, 3.05) is 39.6 Å². The van der Waals surface area contributed by atoms with Gasteiger partial charge in [-0.05, 0) is 35.6 Å². The van der Waals surface area contributed by atoms with E-state index in [9.17, 15) is 0 Å². The molecule has 0 spiro atoms. The molecule has 3 N–H and O–H groups in total. The van der Waals surface area contributed by atoms with Crippen LogP contribution in [0.15, 0.2) is 60.7 Å². The molecule has 12 heteroatoms. The molecule has 7 nitrogen and oxygen atoms in total. The van der Waals surface area contributed by atoms with Crippen LogP contribution >= 0.6 is 11.1 Å². The van der Waals surface area contributed by atoms with Gasteiger partial charge in [-0.25, -0.2) is 0 Å². The van der Waals surface area contributed by atoms with Crippen molar-refractivity contribution in [3.8, 4) is 0 Å². The van der Waals surface area contributed by atoms with Crippen LogP contribution in [0.25, 0.3) is 0 Å². The Hall–Kier alpha value is -0.469. The zero-order valence-electron chi connectivity index (χ0n) is 31.1. The van der Waals surface area contributed by atoms with Gasteiger partial charge in [-0.3, -0.25) is 0 Å². The van der Waals surface area contributed by atoms with Crippen molar-refractivity contribution in [1.29, 1.82) is 6.60 Å². The van der Waals surface area contributed by atoms with E-state index in [0.717, 1.165) is 11.1 Å². The van der Waals surface area contributed by atoms with Crippen LogP contribution in [-0.2, 0) is 13.9 Å². The number of nitrogens with zero attached hydrogens (tertiary/aromatic N) is 1. The fourth-order valence-electron chi connectivity index (χ4n) is 2.72. The summed E-state index contributed by atoms with van der Waals surface area (Å²) in [7, 11) is -1.92. The Bertz CT molecular complexity index is 983. The number of ether oxygens (including phenoxy) is 2. The van der Waals surface area contributed by atoms with Gasteiger partial charge >= 0.3 is 0 Å². The van der Waals surface area contributed by atoms with E-state index < -0.39 is 15.7 Å². The molecule has 0 fully saturated rings. The quantitative estimate of drug-likeness (QED) is 0.114. The van der Waals surface area contributed by atoms with Gasteiger partial charge in [0.05, 0.1) is 47.5 Å². The summed E-state index contributed by atoms with van der Waals surface area (Å²) in [4.78, 5) is 0. The molecule has 0 aliphatic rings. The number of halogens is 1. The van der Waals surface area contributed by atoms with E-state index in [4.69, 9.17) is 53.5 Å². The van der Waals surface area contributed by atoms with Crippen LogP contribution in [0.5, 0.6) is 0 Å². The Balaban J connectivity index is -0.000000295. The molecule has 1 radical (unpaired) electrons. The molecule has 0 saturated heterocycles. The van der Waals surface area contributed by atoms with E-state index in [2.05, 4.69) is 67.7 Å². The maximum atomic E-state index is 9.00. The molecule has 261 valence electrons. The van der Waals surface area contributed by atoms with E-state index in [1.165, 1.54) is 7.81 Å². The average Bonchev–Trinajstić information content (AvgIpc) is 2.99. The summed E-state index contributed by atoms with van der Waals surface area (Å²) in [5.74, 6) is 0. The smallest absolute Gasteiger partial charge is 0.192 e. The van der Waals surface area contributed by atoms with Crippen molar-refractivity contribution in [2.45, 2.75) is 96.8 Å². The first-order chi connectivity index (χ1) is 21.3. The molecular formula is C34H61BClNO6Si2U-. The maximum absolute atomic E-state index is 9.00. The zero-order valence-corrected chi connectivity index (χ0v) is 37.1. The maximum Gasteiger partial charge on any atom is 0.192 e. The molecule has 0 aliphatic carbocycles. The van der Waals surface area contributed by atoms with Crippen LogP contribution < -0.4 is 0 Å². The van der Waals surface area contributed by atoms with Crippen LogP contribution in [0.2, 0.25) is 43.1 Å². The summed E-state index contributed by atoms with van der Waals surface area (Å²) in [6, 6.07) is 19.5. The van der Waals surface area contributed by atoms with E-state index >= 15 is 0 Å². The Morgan fingerprint density at radius 2 is 1.11 bits per heavy atom. The third-order valence-electron chi connectivity index (χ3n) is 7.51. The molecule has 0 bridgehead atoms. The average molecular weight is 921 g/mol. The van der Waals surface area contributed by atoms with E-state index in [-0.39, 0.29) is 74.8 Å². The van der Waals surface area contributed by atoms with Crippen molar-refractivity contribution in [2.24, 2.45) is 0 Å². The summed E-state index contributed by atoms with van der Waals surface area (Å²) < 4.78 is 23.3. The number of aliphatic hydroxyl groups excluding tert-OH is 3. The third-order valence-corrected chi connectivity index (χ3v) is 17.3. The van der Waals surface area contributed by atoms with Crippen molar-refractivity contribution < 1.29 is 60.3 Å². The zero-order chi connectivity index (χ0) is 36.5. The summed E-state index contributed by atoms with van der Waals surface area (Å²) in [6.07, 6.45) is -0.439. The second-order valence-electron chi connectivity index (χ2n) is 13.0. The molecule has 0 aliphatic heterocycles. The van der Waals surface area contributed by atoms with Crippen molar-refractivity contribution in [3.63, 3.8) is 0 Å². The Labute approximate surface area is 314 Å². The van der Waals surface area contributed by atoms with Gasteiger partial charge in [0, 0.05) is 31.1 Å². The van der Waals surface area contributed by atoms with E-state index in [0.29, 0.717) is 18.3 Å². The Morgan fingerprint density at radius 1 is 0.783 bits per heavy atom. The van der Waals surface area contributed by atoms with Crippen molar-refractivity contribution in [1.82, 2.24) is 0 Å². The fraction of sp³-hybridized carbons (Fsp3) is 0.618. The monoisotopic (exact) mass is 920 g/mol. The first-order valence-corrected chi connectivity index (χ1v) is 22.1. The normalized spacial score (nSPS) is 12.7. The van der Waals surface area contributed by atoms with Gasteiger partial charge in [0.1, 0.15) is 12.2 Å². The van der Waals surface area contributed by atoms with E-state index in [1.807, 2.05) is 60.7 Å². The molecule has 0 amide bonds. The van der Waals surface area contributed by atoms with Gasteiger partial charge in [-0.2, -0.15) is 11.1 Å². The van der Waals surface area contributed by atoms with Crippen LogP contribution in [0, 0.1) is 42.9 Å². The minimum Gasteiger partial charge on any atom is -0.512 e. The molecule has 0 saturated carbocycles. The summed E-state index contributed by atoms with van der Waals surface area (Å²) in [6.45, 7) is 29.6. The van der Waals surface area contributed by atoms with Crippen LogP contribution in [0.3, 0.4) is 0 Å². The number of hydrogen-bond donors (Lipinski definition) is 3. The topological polar surface area (TPSA) is 112 Å². The van der Waals surface area contributed by atoms with Gasteiger partial charge in [-0.1, -0.05) is 122 Å². The number of benzene rings is 2. The SMILES string of the molecule is CC(C)(C)[Si](C)(C)Cl.CC(C)(C)[Si](C)(C)OCC(OCCO)c1ccccc1.OCCOC(CO)c1ccccc1.[2H][B]C.[C-]#N.[U]. The minimum atomic E-state index is -1.78.